The van der Waals surface area contributed by atoms with Gasteiger partial charge in [0.25, 0.3) is 0 Å². The van der Waals surface area contributed by atoms with Crippen molar-refractivity contribution < 1.29 is 9.53 Å². The Morgan fingerprint density at radius 2 is 1.91 bits per heavy atom. The van der Waals surface area contributed by atoms with Crippen LogP contribution in [-0.4, -0.2) is 11.0 Å². The molecule has 1 aromatic carbocycles. The van der Waals surface area contributed by atoms with Gasteiger partial charge in [-0.3, -0.25) is 4.79 Å². The third kappa shape index (κ3) is 3.28. The number of rotatable bonds is 4. The number of nitrogens with zero attached hydrogens (tertiary/aromatic N) is 3. The van der Waals surface area contributed by atoms with Crippen LogP contribution in [-0.2, 0) is 4.79 Å². The summed E-state index contributed by atoms with van der Waals surface area (Å²) in [5, 5.41) is 8.22. The predicted molar refractivity (Wildman–Crippen MR) is 82.4 cm³/mol. The van der Waals surface area contributed by atoms with Crippen molar-refractivity contribution in [3.8, 4) is 5.75 Å². The molecule has 1 aromatic heterocycles. The normalized spacial score (nSPS) is 14.2. The second-order valence-electron chi connectivity index (χ2n) is 5.22. The first kappa shape index (κ1) is 14.2. The van der Waals surface area contributed by atoms with Crippen LogP contribution in [0.5, 0.6) is 5.75 Å². The van der Waals surface area contributed by atoms with E-state index < -0.39 is 0 Å². The predicted octanol–water partition coefficient (Wildman–Crippen LogP) is 3.70. The monoisotopic (exact) mass is 296 g/mol. The van der Waals surface area contributed by atoms with E-state index in [9.17, 15) is 4.79 Å². The number of azo groups is 1. The first-order chi connectivity index (χ1) is 10.6. The van der Waals surface area contributed by atoms with Gasteiger partial charge in [-0.05, 0) is 44.0 Å². The summed E-state index contributed by atoms with van der Waals surface area (Å²) in [6.07, 6.45) is 1.79. The van der Waals surface area contributed by atoms with Crippen LogP contribution < -0.4 is 10.5 Å². The molecule has 0 atom stereocenters. The molecular weight excluding hydrogens is 280 g/mol. The molecule has 1 aliphatic carbocycles. The lowest BCUT2D eigenvalue weighted by Crippen LogP contribution is -2.09. The van der Waals surface area contributed by atoms with Crippen LogP contribution in [0.3, 0.4) is 0 Å². The van der Waals surface area contributed by atoms with Crippen molar-refractivity contribution >= 4 is 23.2 Å². The number of aromatic nitrogens is 1. The number of para-hydroxylation sites is 1. The SMILES string of the molecule is Cc1ccc(N=Nc2ccccc2OC(=O)C2CC2)c(N)n1. The topological polar surface area (TPSA) is 89.9 Å². The Morgan fingerprint density at radius 3 is 2.64 bits per heavy atom. The Kier molecular flexibility index (Phi) is 3.82. The van der Waals surface area contributed by atoms with Gasteiger partial charge in [-0.15, -0.1) is 10.2 Å². The van der Waals surface area contributed by atoms with Gasteiger partial charge in [0, 0.05) is 5.69 Å². The average Bonchev–Trinajstić information content (AvgIpc) is 3.32. The molecule has 1 heterocycles. The van der Waals surface area contributed by atoms with Crippen molar-refractivity contribution in [1.29, 1.82) is 0 Å². The highest BCUT2D eigenvalue weighted by Crippen LogP contribution is 2.34. The van der Waals surface area contributed by atoms with Crippen LogP contribution in [0.1, 0.15) is 18.5 Å². The molecular formula is C16H16N4O2. The number of ether oxygens (including phenoxy) is 1. The minimum absolute atomic E-state index is 0.0296. The highest BCUT2D eigenvalue weighted by Gasteiger charge is 2.32. The van der Waals surface area contributed by atoms with Gasteiger partial charge < -0.3 is 10.5 Å². The van der Waals surface area contributed by atoms with E-state index in [0.717, 1.165) is 18.5 Å². The molecule has 2 N–H and O–H groups in total. The molecule has 0 bridgehead atoms. The van der Waals surface area contributed by atoms with Gasteiger partial charge in [-0.1, -0.05) is 12.1 Å². The van der Waals surface area contributed by atoms with E-state index in [1.165, 1.54) is 0 Å². The quantitative estimate of drug-likeness (QED) is 0.529. The Hall–Kier alpha value is -2.76. The van der Waals surface area contributed by atoms with Crippen molar-refractivity contribution in [3.63, 3.8) is 0 Å². The standard InChI is InChI=1S/C16H16N4O2/c1-10-6-9-13(15(17)18-10)20-19-12-4-2-3-5-14(12)22-16(21)11-7-8-11/h2-6,9,11H,7-8H2,1H3,(H2,17,18). The summed E-state index contributed by atoms with van der Waals surface area (Å²) in [6, 6.07) is 10.6. The second-order valence-corrected chi connectivity index (χ2v) is 5.22. The number of esters is 1. The van der Waals surface area contributed by atoms with Crippen molar-refractivity contribution in [2.75, 3.05) is 5.73 Å². The fourth-order valence-corrected chi connectivity index (χ4v) is 1.90. The largest absolute Gasteiger partial charge is 0.424 e. The van der Waals surface area contributed by atoms with Crippen LogP contribution in [0.4, 0.5) is 17.2 Å². The molecule has 0 unspecified atom stereocenters. The maximum absolute atomic E-state index is 11.8. The van der Waals surface area contributed by atoms with Gasteiger partial charge in [0.05, 0.1) is 5.92 Å². The molecule has 3 rings (SSSR count). The first-order valence-corrected chi connectivity index (χ1v) is 7.09. The average molecular weight is 296 g/mol. The highest BCUT2D eigenvalue weighted by atomic mass is 16.5. The smallest absolute Gasteiger partial charge is 0.314 e. The number of hydrogen-bond donors (Lipinski definition) is 1. The van der Waals surface area contributed by atoms with E-state index in [4.69, 9.17) is 10.5 Å². The summed E-state index contributed by atoms with van der Waals surface area (Å²) >= 11 is 0. The third-order valence-electron chi connectivity index (χ3n) is 3.29. The Labute approximate surface area is 128 Å². The van der Waals surface area contributed by atoms with E-state index in [-0.39, 0.29) is 11.9 Å². The number of nitrogen functional groups attached to an aromatic ring is 1. The molecule has 0 spiro atoms. The molecule has 0 amide bonds. The number of aryl methyl sites for hydroxylation is 1. The van der Waals surface area contributed by atoms with E-state index >= 15 is 0 Å². The summed E-state index contributed by atoms with van der Waals surface area (Å²) in [5.74, 6) is 0.541. The van der Waals surface area contributed by atoms with Crippen LogP contribution in [0.25, 0.3) is 0 Å². The summed E-state index contributed by atoms with van der Waals surface area (Å²) < 4.78 is 5.37. The number of hydrogen-bond acceptors (Lipinski definition) is 6. The molecule has 1 aliphatic rings. The molecule has 22 heavy (non-hydrogen) atoms. The molecule has 0 radical (unpaired) electrons. The van der Waals surface area contributed by atoms with Crippen molar-refractivity contribution in [2.45, 2.75) is 19.8 Å². The number of pyridine rings is 1. The molecule has 0 saturated heterocycles. The first-order valence-electron chi connectivity index (χ1n) is 7.09. The third-order valence-corrected chi connectivity index (χ3v) is 3.29. The number of anilines is 1. The summed E-state index contributed by atoms with van der Waals surface area (Å²) in [4.78, 5) is 15.9. The van der Waals surface area contributed by atoms with E-state index in [2.05, 4.69) is 15.2 Å². The molecule has 6 nitrogen and oxygen atoms in total. The van der Waals surface area contributed by atoms with Gasteiger partial charge in [-0.25, -0.2) is 4.98 Å². The van der Waals surface area contributed by atoms with Crippen LogP contribution >= 0.6 is 0 Å². The van der Waals surface area contributed by atoms with Gasteiger partial charge in [0.2, 0.25) is 0 Å². The lowest BCUT2D eigenvalue weighted by molar-refractivity contribution is -0.135. The number of carbonyl (C=O) groups is 1. The summed E-state index contributed by atoms with van der Waals surface area (Å²) in [6.45, 7) is 1.85. The van der Waals surface area contributed by atoms with E-state index in [1.54, 1.807) is 30.3 Å². The minimum Gasteiger partial charge on any atom is -0.424 e. The van der Waals surface area contributed by atoms with Crippen molar-refractivity contribution in [2.24, 2.45) is 16.1 Å². The number of benzene rings is 1. The fourth-order valence-electron chi connectivity index (χ4n) is 1.90. The lowest BCUT2D eigenvalue weighted by atomic mass is 10.3. The number of nitrogens with two attached hydrogens (primary N) is 1. The van der Waals surface area contributed by atoms with Gasteiger partial charge >= 0.3 is 5.97 Å². The Morgan fingerprint density at radius 1 is 1.18 bits per heavy atom. The molecule has 112 valence electrons. The highest BCUT2D eigenvalue weighted by molar-refractivity contribution is 5.78. The molecule has 2 aromatic rings. The second kappa shape index (κ2) is 5.93. The van der Waals surface area contributed by atoms with E-state index in [0.29, 0.717) is 22.9 Å². The number of carbonyl (C=O) groups excluding carboxylic acids is 1. The lowest BCUT2D eigenvalue weighted by Gasteiger charge is -2.05. The molecule has 1 fully saturated rings. The van der Waals surface area contributed by atoms with Gasteiger partial charge in [0.1, 0.15) is 11.4 Å². The Balaban J connectivity index is 1.82. The van der Waals surface area contributed by atoms with Gasteiger partial charge in [-0.2, -0.15) is 0 Å². The zero-order valence-corrected chi connectivity index (χ0v) is 12.2. The zero-order chi connectivity index (χ0) is 15.5. The van der Waals surface area contributed by atoms with Crippen molar-refractivity contribution in [3.05, 3.63) is 42.1 Å². The summed E-state index contributed by atoms with van der Waals surface area (Å²) in [5.41, 5.74) is 7.58. The van der Waals surface area contributed by atoms with Crippen LogP contribution in [0.2, 0.25) is 0 Å². The maximum atomic E-state index is 11.8. The van der Waals surface area contributed by atoms with E-state index in [1.807, 2.05) is 13.0 Å². The van der Waals surface area contributed by atoms with Gasteiger partial charge in [0.15, 0.2) is 11.6 Å². The molecule has 6 heteroatoms. The van der Waals surface area contributed by atoms with Crippen LogP contribution in [0.15, 0.2) is 46.6 Å². The van der Waals surface area contributed by atoms with Crippen LogP contribution in [0, 0.1) is 12.8 Å². The Bertz CT molecular complexity index is 739. The van der Waals surface area contributed by atoms with Crippen molar-refractivity contribution in [1.82, 2.24) is 4.98 Å². The summed E-state index contributed by atoms with van der Waals surface area (Å²) in [7, 11) is 0. The minimum atomic E-state index is -0.209. The molecule has 1 saturated carbocycles. The fraction of sp³-hybridized carbons (Fsp3) is 0.250. The maximum Gasteiger partial charge on any atom is 0.314 e. The zero-order valence-electron chi connectivity index (χ0n) is 12.2. The molecule has 0 aliphatic heterocycles.